The first-order valence-electron chi connectivity index (χ1n) is 9.20. The van der Waals surface area contributed by atoms with E-state index in [1.807, 2.05) is 6.07 Å². The van der Waals surface area contributed by atoms with Crippen LogP contribution in [0.3, 0.4) is 0 Å². The highest BCUT2D eigenvalue weighted by molar-refractivity contribution is 6.15. The molecule has 7 nitrogen and oxygen atoms in total. The summed E-state index contributed by atoms with van der Waals surface area (Å²) in [5.74, 6) is 1.39. The molecule has 148 valence electrons. The molecule has 0 unspecified atom stereocenters. The molecule has 2 aliphatic rings. The molecule has 5 rings (SSSR count). The van der Waals surface area contributed by atoms with E-state index < -0.39 is 5.97 Å². The van der Waals surface area contributed by atoms with Crippen molar-refractivity contribution in [2.24, 2.45) is 0 Å². The molecular formula is C23H15NO6. The number of Topliss-reactive ketones (excluding diaryl/α,β-unsaturated/α-hetero) is 1. The molecule has 0 aliphatic carbocycles. The van der Waals surface area contributed by atoms with E-state index in [2.05, 4.69) is 4.98 Å². The van der Waals surface area contributed by atoms with E-state index >= 15 is 0 Å². The van der Waals surface area contributed by atoms with E-state index in [0.29, 0.717) is 39.7 Å². The van der Waals surface area contributed by atoms with Crippen LogP contribution in [0.4, 0.5) is 0 Å². The van der Waals surface area contributed by atoms with Gasteiger partial charge in [0.05, 0.1) is 11.1 Å². The second kappa shape index (κ2) is 7.04. The van der Waals surface area contributed by atoms with Crippen molar-refractivity contribution in [2.75, 3.05) is 6.79 Å². The summed E-state index contributed by atoms with van der Waals surface area (Å²) in [6.45, 7) is 1.91. The number of hydrogen-bond donors (Lipinski definition) is 0. The van der Waals surface area contributed by atoms with Crippen LogP contribution >= 0.6 is 0 Å². The topological polar surface area (TPSA) is 84.0 Å². The van der Waals surface area contributed by atoms with Gasteiger partial charge < -0.3 is 18.9 Å². The summed E-state index contributed by atoms with van der Waals surface area (Å²) in [6, 6.07) is 11.8. The van der Waals surface area contributed by atoms with Crippen molar-refractivity contribution in [1.82, 2.24) is 4.98 Å². The van der Waals surface area contributed by atoms with Crippen molar-refractivity contribution in [1.29, 1.82) is 0 Å². The summed E-state index contributed by atoms with van der Waals surface area (Å²) in [5.41, 5.74) is 2.06. The molecule has 0 bridgehead atoms. The van der Waals surface area contributed by atoms with E-state index in [1.54, 1.807) is 55.6 Å². The summed E-state index contributed by atoms with van der Waals surface area (Å²) >= 11 is 0. The minimum Gasteiger partial charge on any atom is -0.454 e. The van der Waals surface area contributed by atoms with Gasteiger partial charge in [-0.05, 0) is 55.0 Å². The molecule has 0 N–H and O–H groups in total. The predicted octanol–water partition coefficient (Wildman–Crippen LogP) is 3.95. The molecule has 0 saturated carbocycles. The van der Waals surface area contributed by atoms with Crippen molar-refractivity contribution in [3.8, 4) is 23.0 Å². The average molecular weight is 401 g/mol. The molecule has 2 aliphatic heterocycles. The Morgan fingerprint density at radius 3 is 2.83 bits per heavy atom. The molecule has 0 atom stereocenters. The monoisotopic (exact) mass is 401 g/mol. The third-order valence-electron chi connectivity index (χ3n) is 4.83. The minimum atomic E-state index is -0.536. The number of allylic oxidation sites excluding steroid dienone is 1. The Bertz CT molecular complexity index is 1220. The first kappa shape index (κ1) is 17.9. The Morgan fingerprint density at radius 1 is 1.13 bits per heavy atom. The van der Waals surface area contributed by atoms with Crippen LogP contribution in [0.15, 0.2) is 60.6 Å². The van der Waals surface area contributed by atoms with Crippen LogP contribution in [0, 0.1) is 6.92 Å². The molecular weight excluding hydrogens is 386 g/mol. The lowest BCUT2D eigenvalue weighted by atomic mass is 10.1. The van der Waals surface area contributed by atoms with Crippen LogP contribution in [-0.4, -0.2) is 23.5 Å². The number of benzene rings is 2. The summed E-state index contributed by atoms with van der Waals surface area (Å²) in [5, 5.41) is 0. The lowest BCUT2D eigenvalue weighted by Crippen LogP contribution is -2.09. The number of aromatic nitrogens is 1. The number of fused-ring (bicyclic) bond motifs is 2. The maximum atomic E-state index is 12.8. The summed E-state index contributed by atoms with van der Waals surface area (Å²) < 4.78 is 22.0. The fourth-order valence-electron chi connectivity index (χ4n) is 3.28. The fraction of sp³-hybridized carbons (Fsp3) is 0.0870. The Balaban J connectivity index is 1.42. The number of ether oxygens (including phenoxy) is 4. The third kappa shape index (κ3) is 3.06. The molecule has 7 heteroatoms. The Labute approximate surface area is 171 Å². The summed E-state index contributed by atoms with van der Waals surface area (Å²) in [7, 11) is 0. The van der Waals surface area contributed by atoms with Crippen LogP contribution in [0.2, 0.25) is 0 Å². The van der Waals surface area contributed by atoms with Gasteiger partial charge in [0.25, 0.3) is 0 Å². The van der Waals surface area contributed by atoms with Gasteiger partial charge in [-0.3, -0.25) is 9.78 Å². The molecule has 3 aromatic rings. The number of ketones is 1. The first-order valence-corrected chi connectivity index (χ1v) is 9.20. The normalized spacial score (nSPS) is 15.1. The number of carbonyl (C=O) groups excluding carboxylic acids is 2. The lowest BCUT2D eigenvalue weighted by molar-refractivity contribution is 0.0732. The van der Waals surface area contributed by atoms with E-state index in [9.17, 15) is 9.59 Å². The van der Waals surface area contributed by atoms with Gasteiger partial charge in [-0.15, -0.1) is 0 Å². The van der Waals surface area contributed by atoms with Crippen molar-refractivity contribution in [2.45, 2.75) is 6.92 Å². The third-order valence-corrected chi connectivity index (χ3v) is 4.83. The van der Waals surface area contributed by atoms with Crippen molar-refractivity contribution in [3.63, 3.8) is 0 Å². The van der Waals surface area contributed by atoms with Gasteiger partial charge >= 0.3 is 5.97 Å². The molecule has 0 amide bonds. The highest BCUT2D eigenvalue weighted by Crippen LogP contribution is 2.40. The van der Waals surface area contributed by atoms with Crippen molar-refractivity contribution in [3.05, 3.63) is 82.9 Å². The number of carbonyl (C=O) groups is 2. The Kier molecular flexibility index (Phi) is 4.21. The van der Waals surface area contributed by atoms with E-state index in [0.717, 1.165) is 5.56 Å². The number of esters is 1. The fourth-order valence-corrected chi connectivity index (χ4v) is 3.28. The van der Waals surface area contributed by atoms with Gasteiger partial charge in [-0.2, -0.15) is 0 Å². The zero-order valence-corrected chi connectivity index (χ0v) is 15.9. The van der Waals surface area contributed by atoms with E-state index in [4.69, 9.17) is 18.9 Å². The van der Waals surface area contributed by atoms with Crippen LogP contribution in [0.25, 0.3) is 6.08 Å². The average Bonchev–Trinajstić information content (AvgIpc) is 3.35. The Hall–Kier alpha value is -4.13. The second-order valence-corrected chi connectivity index (χ2v) is 6.75. The Morgan fingerprint density at radius 2 is 2.00 bits per heavy atom. The van der Waals surface area contributed by atoms with Crippen molar-refractivity contribution < 1.29 is 28.5 Å². The molecule has 1 aromatic heterocycles. The quantitative estimate of drug-likeness (QED) is 0.373. The lowest BCUT2D eigenvalue weighted by Gasteiger charge is -2.10. The zero-order valence-electron chi connectivity index (χ0n) is 15.9. The molecule has 0 spiro atoms. The van der Waals surface area contributed by atoms with Crippen LogP contribution in [0.5, 0.6) is 23.0 Å². The van der Waals surface area contributed by atoms with Gasteiger partial charge in [0.1, 0.15) is 11.5 Å². The molecule has 30 heavy (non-hydrogen) atoms. The standard InChI is InChI=1S/C23H15NO6/c1-13-17(30-23(26)15-3-2-8-24-11-15)7-5-16-21(25)20(29-22(13)16)10-14-4-6-18-19(9-14)28-12-27-18/h2-11H,12H2,1H3/b20-10-. The van der Waals surface area contributed by atoms with Gasteiger partial charge in [0.2, 0.25) is 12.6 Å². The van der Waals surface area contributed by atoms with E-state index in [1.165, 1.54) is 6.20 Å². The van der Waals surface area contributed by atoms with Gasteiger partial charge in [-0.25, -0.2) is 4.79 Å². The smallest absolute Gasteiger partial charge is 0.345 e. The molecule has 2 aromatic carbocycles. The number of rotatable bonds is 3. The number of hydrogen-bond acceptors (Lipinski definition) is 7. The number of nitrogens with zero attached hydrogens (tertiary/aromatic N) is 1. The summed E-state index contributed by atoms with van der Waals surface area (Å²) in [4.78, 5) is 29.0. The molecule has 0 fully saturated rings. The van der Waals surface area contributed by atoms with Gasteiger partial charge in [-0.1, -0.05) is 6.07 Å². The second-order valence-electron chi connectivity index (χ2n) is 6.75. The minimum absolute atomic E-state index is 0.177. The predicted molar refractivity (Wildman–Crippen MR) is 106 cm³/mol. The number of pyridine rings is 1. The van der Waals surface area contributed by atoms with Crippen LogP contribution < -0.4 is 18.9 Å². The van der Waals surface area contributed by atoms with E-state index in [-0.39, 0.29) is 18.3 Å². The highest BCUT2D eigenvalue weighted by Gasteiger charge is 2.30. The first-order chi connectivity index (χ1) is 14.6. The maximum absolute atomic E-state index is 12.8. The van der Waals surface area contributed by atoms with Crippen molar-refractivity contribution >= 4 is 17.8 Å². The van der Waals surface area contributed by atoms with Crippen LogP contribution in [-0.2, 0) is 0 Å². The maximum Gasteiger partial charge on any atom is 0.345 e. The zero-order chi connectivity index (χ0) is 20.7. The van der Waals surface area contributed by atoms with Crippen LogP contribution in [0.1, 0.15) is 31.8 Å². The SMILES string of the molecule is Cc1c(OC(=O)c2cccnc2)ccc2c1O/C(=C\c1ccc3c(c1)OCO3)C2=O. The highest BCUT2D eigenvalue weighted by atomic mass is 16.7. The largest absolute Gasteiger partial charge is 0.454 e. The van der Waals surface area contributed by atoms with Gasteiger partial charge in [0, 0.05) is 18.0 Å². The molecule has 0 radical (unpaired) electrons. The molecule has 3 heterocycles. The van der Waals surface area contributed by atoms with Gasteiger partial charge in [0.15, 0.2) is 17.3 Å². The molecule has 0 saturated heterocycles. The summed E-state index contributed by atoms with van der Waals surface area (Å²) in [6.07, 6.45) is 4.65.